The second-order valence-electron chi connectivity index (χ2n) is 5.24. The highest BCUT2D eigenvalue weighted by molar-refractivity contribution is 5.04. The van der Waals surface area contributed by atoms with Crippen LogP contribution in [0.1, 0.15) is 33.1 Å². The molecule has 0 spiro atoms. The Morgan fingerprint density at radius 2 is 2.35 bits per heavy atom. The highest BCUT2D eigenvalue weighted by atomic mass is 16.5. The zero-order chi connectivity index (χ0) is 12.9. The number of hydrogen-bond donors (Lipinski definition) is 1. The summed E-state index contributed by atoms with van der Waals surface area (Å²) < 4.78 is 5.43. The van der Waals surface area contributed by atoms with Gasteiger partial charge >= 0.3 is 0 Å². The van der Waals surface area contributed by atoms with Gasteiger partial charge in [0.05, 0.1) is 12.2 Å². The van der Waals surface area contributed by atoms with E-state index in [4.69, 9.17) is 4.74 Å². The largest absolute Gasteiger partial charge is 0.380 e. The third kappa shape index (κ3) is 3.95. The molecule has 0 amide bonds. The van der Waals surface area contributed by atoms with Crippen LogP contribution in [-0.4, -0.2) is 49.8 Å². The minimum Gasteiger partial charge on any atom is -0.380 e. The van der Waals surface area contributed by atoms with Crippen molar-refractivity contribution in [2.45, 2.75) is 50.8 Å². The Kier molecular flexibility index (Phi) is 5.38. The Bertz CT molecular complexity index is 276. The molecule has 17 heavy (non-hydrogen) atoms. The lowest BCUT2D eigenvalue weighted by Gasteiger charge is -2.38. The molecule has 0 saturated carbocycles. The Hall–Kier alpha value is -0.630. The van der Waals surface area contributed by atoms with Crippen LogP contribution in [0.15, 0.2) is 0 Å². The van der Waals surface area contributed by atoms with Gasteiger partial charge in [-0.1, -0.05) is 0 Å². The molecule has 0 bridgehead atoms. The number of rotatable bonds is 5. The standard InChI is InChI=1S/C13H25N3O/c1-11(8-13(2,10-14)15-3)16-7-5-6-12(9-16)17-4/h11-12,15H,5-9H2,1-4H3. The van der Waals surface area contributed by atoms with E-state index in [1.165, 1.54) is 6.42 Å². The molecule has 1 rings (SSSR count). The van der Waals surface area contributed by atoms with E-state index in [0.717, 1.165) is 25.9 Å². The van der Waals surface area contributed by atoms with E-state index in [2.05, 4.69) is 23.2 Å². The molecule has 4 nitrogen and oxygen atoms in total. The molecule has 1 aliphatic rings. The average Bonchev–Trinajstić information content (AvgIpc) is 2.38. The molecule has 4 heteroatoms. The summed E-state index contributed by atoms with van der Waals surface area (Å²) in [6, 6.07) is 2.76. The van der Waals surface area contributed by atoms with Crippen molar-refractivity contribution in [2.75, 3.05) is 27.2 Å². The highest BCUT2D eigenvalue weighted by Crippen LogP contribution is 2.20. The molecule has 1 N–H and O–H groups in total. The number of ether oxygens (including phenoxy) is 1. The molecule has 1 fully saturated rings. The van der Waals surface area contributed by atoms with Crippen LogP contribution in [0.2, 0.25) is 0 Å². The van der Waals surface area contributed by atoms with Gasteiger partial charge in [-0.05, 0) is 46.7 Å². The van der Waals surface area contributed by atoms with Crippen LogP contribution in [0.25, 0.3) is 0 Å². The summed E-state index contributed by atoms with van der Waals surface area (Å²) in [6.45, 7) is 6.27. The van der Waals surface area contributed by atoms with Gasteiger partial charge in [-0.25, -0.2) is 0 Å². The summed E-state index contributed by atoms with van der Waals surface area (Å²) in [4.78, 5) is 2.44. The smallest absolute Gasteiger partial charge is 0.105 e. The summed E-state index contributed by atoms with van der Waals surface area (Å²) in [6.07, 6.45) is 3.54. The van der Waals surface area contributed by atoms with Gasteiger partial charge in [0.1, 0.15) is 5.54 Å². The van der Waals surface area contributed by atoms with E-state index in [-0.39, 0.29) is 0 Å². The van der Waals surface area contributed by atoms with Gasteiger partial charge in [0, 0.05) is 19.7 Å². The second-order valence-corrected chi connectivity index (χ2v) is 5.24. The minimum atomic E-state index is -0.431. The molecule has 1 saturated heterocycles. The maximum atomic E-state index is 9.17. The maximum Gasteiger partial charge on any atom is 0.105 e. The van der Waals surface area contributed by atoms with Crippen LogP contribution < -0.4 is 5.32 Å². The monoisotopic (exact) mass is 239 g/mol. The van der Waals surface area contributed by atoms with Crippen LogP contribution in [-0.2, 0) is 4.74 Å². The molecule has 1 aliphatic heterocycles. The third-order valence-corrected chi connectivity index (χ3v) is 3.87. The van der Waals surface area contributed by atoms with Crippen molar-refractivity contribution in [1.29, 1.82) is 5.26 Å². The van der Waals surface area contributed by atoms with Gasteiger partial charge in [-0.15, -0.1) is 0 Å². The van der Waals surface area contributed by atoms with Crippen LogP contribution in [0.5, 0.6) is 0 Å². The molecule has 1 heterocycles. The van der Waals surface area contributed by atoms with Crippen LogP contribution in [0.4, 0.5) is 0 Å². The lowest BCUT2D eigenvalue weighted by Crippen LogP contribution is -2.49. The molecule has 0 aliphatic carbocycles. The zero-order valence-corrected chi connectivity index (χ0v) is 11.5. The lowest BCUT2D eigenvalue weighted by molar-refractivity contribution is 0.0134. The van der Waals surface area contributed by atoms with E-state index in [1.54, 1.807) is 7.11 Å². The second kappa shape index (κ2) is 6.34. The Morgan fingerprint density at radius 3 is 2.88 bits per heavy atom. The number of methoxy groups -OCH3 is 1. The Balaban J connectivity index is 2.52. The Labute approximate surface area is 105 Å². The quantitative estimate of drug-likeness (QED) is 0.787. The van der Waals surface area contributed by atoms with Gasteiger partial charge in [0.2, 0.25) is 0 Å². The first-order chi connectivity index (χ1) is 8.04. The molecular weight excluding hydrogens is 214 g/mol. The zero-order valence-electron chi connectivity index (χ0n) is 11.5. The van der Waals surface area contributed by atoms with E-state index in [0.29, 0.717) is 12.1 Å². The lowest BCUT2D eigenvalue weighted by atomic mass is 9.93. The SMILES string of the molecule is CNC(C)(C#N)CC(C)N1CCCC(OC)C1. The molecule has 3 atom stereocenters. The molecular formula is C13H25N3O. The first kappa shape index (κ1) is 14.4. The van der Waals surface area contributed by atoms with Gasteiger partial charge in [-0.3, -0.25) is 4.90 Å². The van der Waals surface area contributed by atoms with E-state index >= 15 is 0 Å². The summed E-state index contributed by atoms with van der Waals surface area (Å²) in [7, 11) is 3.63. The van der Waals surface area contributed by atoms with Gasteiger partial charge < -0.3 is 10.1 Å². The van der Waals surface area contributed by atoms with Crippen molar-refractivity contribution < 1.29 is 4.74 Å². The number of nitriles is 1. The minimum absolute atomic E-state index is 0.356. The van der Waals surface area contributed by atoms with Gasteiger partial charge in [-0.2, -0.15) is 5.26 Å². The average molecular weight is 239 g/mol. The Morgan fingerprint density at radius 1 is 1.65 bits per heavy atom. The topological polar surface area (TPSA) is 48.3 Å². The van der Waals surface area contributed by atoms with Crippen molar-refractivity contribution >= 4 is 0 Å². The van der Waals surface area contributed by atoms with Gasteiger partial charge in [0.25, 0.3) is 0 Å². The van der Waals surface area contributed by atoms with Crippen LogP contribution in [0, 0.1) is 11.3 Å². The maximum absolute atomic E-state index is 9.17. The molecule has 98 valence electrons. The number of piperidine rings is 1. The number of hydrogen-bond acceptors (Lipinski definition) is 4. The summed E-state index contributed by atoms with van der Waals surface area (Å²) in [5.41, 5.74) is -0.431. The molecule has 0 aromatic heterocycles. The molecule has 0 radical (unpaired) electrons. The third-order valence-electron chi connectivity index (χ3n) is 3.87. The van der Waals surface area contributed by atoms with Crippen LogP contribution in [0.3, 0.4) is 0 Å². The molecule has 0 aromatic rings. The number of nitrogens with one attached hydrogen (secondary N) is 1. The number of nitrogens with zero attached hydrogens (tertiary/aromatic N) is 2. The van der Waals surface area contributed by atoms with Crippen LogP contribution >= 0.6 is 0 Å². The highest BCUT2D eigenvalue weighted by Gasteiger charge is 2.29. The summed E-state index contributed by atoms with van der Waals surface area (Å²) >= 11 is 0. The predicted molar refractivity (Wildman–Crippen MR) is 68.8 cm³/mol. The normalized spacial score (nSPS) is 27.1. The predicted octanol–water partition coefficient (Wildman–Crippen LogP) is 1.38. The summed E-state index contributed by atoms with van der Waals surface area (Å²) in [5, 5.41) is 12.3. The van der Waals surface area contributed by atoms with Gasteiger partial charge in [0.15, 0.2) is 0 Å². The fourth-order valence-electron chi connectivity index (χ4n) is 2.48. The van der Waals surface area contributed by atoms with E-state index in [9.17, 15) is 5.26 Å². The van der Waals surface area contributed by atoms with E-state index < -0.39 is 5.54 Å². The number of likely N-dealkylation sites (tertiary alicyclic amines) is 1. The van der Waals surface area contributed by atoms with Crippen molar-refractivity contribution in [3.63, 3.8) is 0 Å². The van der Waals surface area contributed by atoms with E-state index in [1.807, 2.05) is 14.0 Å². The van der Waals surface area contributed by atoms with Crippen molar-refractivity contribution in [3.05, 3.63) is 0 Å². The van der Waals surface area contributed by atoms with Crippen molar-refractivity contribution in [3.8, 4) is 6.07 Å². The fraction of sp³-hybridized carbons (Fsp3) is 0.923. The summed E-state index contributed by atoms with van der Waals surface area (Å²) in [5.74, 6) is 0. The fourth-order valence-corrected chi connectivity index (χ4v) is 2.48. The molecule has 3 unspecified atom stereocenters. The first-order valence-corrected chi connectivity index (χ1v) is 6.41. The van der Waals surface area contributed by atoms with Crippen molar-refractivity contribution in [2.24, 2.45) is 0 Å². The molecule has 0 aromatic carbocycles. The van der Waals surface area contributed by atoms with Crippen molar-refractivity contribution in [1.82, 2.24) is 10.2 Å². The first-order valence-electron chi connectivity index (χ1n) is 6.41.